The lowest BCUT2D eigenvalue weighted by atomic mass is 10.2. The number of pyridine rings is 1. The number of nitrogens with zero attached hydrogens (tertiary/aromatic N) is 2. The molecule has 0 aliphatic carbocycles. The zero-order valence-electron chi connectivity index (χ0n) is 11.8. The zero-order valence-corrected chi connectivity index (χ0v) is 11.8. The van der Waals surface area contributed by atoms with Crippen LogP contribution < -0.4 is 10.2 Å². The summed E-state index contributed by atoms with van der Waals surface area (Å²) in [6.07, 6.45) is 3.04. The van der Waals surface area contributed by atoms with Gasteiger partial charge in [0.05, 0.1) is 6.61 Å². The van der Waals surface area contributed by atoms with Gasteiger partial charge < -0.3 is 15.0 Å². The van der Waals surface area contributed by atoms with E-state index < -0.39 is 0 Å². The summed E-state index contributed by atoms with van der Waals surface area (Å²) in [7, 11) is 1.73. The minimum absolute atomic E-state index is 0.730. The van der Waals surface area contributed by atoms with E-state index in [0.717, 1.165) is 45.0 Å². The third-order valence-corrected chi connectivity index (χ3v) is 2.84. The molecule has 1 N–H and O–H groups in total. The fraction of sp³-hybridized carbons (Fsp3) is 0.643. The van der Waals surface area contributed by atoms with Crippen LogP contribution in [0.25, 0.3) is 0 Å². The van der Waals surface area contributed by atoms with Crippen molar-refractivity contribution in [1.29, 1.82) is 0 Å². The molecule has 0 radical (unpaired) electrons. The summed E-state index contributed by atoms with van der Waals surface area (Å²) in [5.74, 6) is 1.03. The normalized spacial score (nSPS) is 10.6. The zero-order chi connectivity index (χ0) is 13.2. The monoisotopic (exact) mass is 251 g/mol. The molecule has 0 atom stereocenters. The molecule has 0 aliphatic rings. The Morgan fingerprint density at radius 1 is 1.39 bits per heavy atom. The molecular formula is C14H25N3O. The van der Waals surface area contributed by atoms with E-state index in [1.807, 2.05) is 6.20 Å². The number of anilines is 1. The van der Waals surface area contributed by atoms with Gasteiger partial charge in [-0.05, 0) is 37.6 Å². The molecule has 1 heterocycles. The van der Waals surface area contributed by atoms with Crippen LogP contribution >= 0.6 is 0 Å². The lowest BCUT2D eigenvalue weighted by Crippen LogP contribution is -2.27. The largest absolute Gasteiger partial charge is 0.383 e. The van der Waals surface area contributed by atoms with Crippen molar-refractivity contribution in [2.24, 2.45) is 0 Å². The van der Waals surface area contributed by atoms with Gasteiger partial charge in [-0.3, -0.25) is 0 Å². The summed E-state index contributed by atoms with van der Waals surface area (Å²) in [5, 5.41) is 3.41. The van der Waals surface area contributed by atoms with Gasteiger partial charge in [0.2, 0.25) is 0 Å². The Hall–Kier alpha value is -1.13. The van der Waals surface area contributed by atoms with Gasteiger partial charge in [-0.25, -0.2) is 4.98 Å². The van der Waals surface area contributed by atoms with Crippen molar-refractivity contribution < 1.29 is 4.74 Å². The van der Waals surface area contributed by atoms with Crippen molar-refractivity contribution in [3.05, 3.63) is 23.9 Å². The average molecular weight is 251 g/mol. The van der Waals surface area contributed by atoms with E-state index >= 15 is 0 Å². The maximum atomic E-state index is 5.12. The first-order valence-electron chi connectivity index (χ1n) is 6.71. The minimum Gasteiger partial charge on any atom is -0.383 e. The molecule has 0 bridgehead atoms. The first-order valence-corrected chi connectivity index (χ1v) is 6.71. The van der Waals surface area contributed by atoms with E-state index in [0.29, 0.717) is 0 Å². The van der Waals surface area contributed by atoms with Crippen LogP contribution in [0.5, 0.6) is 0 Å². The highest BCUT2D eigenvalue weighted by atomic mass is 16.5. The van der Waals surface area contributed by atoms with Crippen LogP contribution in [0.2, 0.25) is 0 Å². The number of rotatable bonds is 9. The average Bonchev–Trinajstić information content (AvgIpc) is 2.40. The summed E-state index contributed by atoms with van der Waals surface area (Å²) in [6.45, 7) is 8.83. The van der Waals surface area contributed by atoms with E-state index in [4.69, 9.17) is 4.74 Å². The van der Waals surface area contributed by atoms with Crippen LogP contribution in [0.1, 0.15) is 25.8 Å². The molecule has 0 aliphatic heterocycles. The van der Waals surface area contributed by atoms with Crippen LogP contribution in [-0.2, 0) is 11.3 Å². The van der Waals surface area contributed by atoms with Crippen LogP contribution in [0.4, 0.5) is 5.82 Å². The van der Waals surface area contributed by atoms with Gasteiger partial charge in [-0.1, -0.05) is 6.92 Å². The third kappa shape index (κ3) is 5.02. The van der Waals surface area contributed by atoms with Crippen molar-refractivity contribution in [2.45, 2.75) is 26.8 Å². The molecule has 18 heavy (non-hydrogen) atoms. The Bertz CT molecular complexity index is 331. The number of ether oxygens (including phenoxy) is 1. The smallest absolute Gasteiger partial charge is 0.128 e. The number of aromatic nitrogens is 1. The standard InChI is InChI=1S/C14H25N3O/c1-4-7-15-12-13-6-8-16-14(11-13)17(5-2)9-10-18-3/h6,8,11,15H,4-5,7,9-10,12H2,1-3H3. The molecule has 1 rings (SSSR count). The predicted molar refractivity (Wildman–Crippen MR) is 76.0 cm³/mol. The summed E-state index contributed by atoms with van der Waals surface area (Å²) in [6, 6.07) is 4.22. The highest BCUT2D eigenvalue weighted by Crippen LogP contribution is 2.12. The SMILES string of the molecule is CCCNCc1ccnc(N(CC)CCOC)c1. The van der Waals surface area contributed by atoms with E-state index in [2.05, 4.69) is 41.2 Å². The summed E-state index contributed by atoms with van der Waals surface area (Å²) in [4.78, 5) is 6.66. The molecule has 0 aromatic carbocycles. The predicted octanol–water partition coefficient (Wildman–Crippen LogP) is 2.05. The van der Waals surface area contributed by atoms with Crippen LogP contribution in [0, 0.1) is 0 Å². The lowest BCUT2D eigenvalue weighted by Gasteiger charge is -2.22. The second-order valence-electron chi connectivity index (χ2n) is 4.27. The van der Waals surface area contributed by atoms with Crippen molar-refractivity contribution in [2.75, 3.05) is 38.3 Å². The fourth-order valence-electron chi connectivity index (χ4n) is 1.79. The molecule has 0 saturated carbocycles. The van der Waals surface area contributed by atoms with E-state index in [1.54, 1.807) is 7.11 Å². The summed E-state index contributed by atoms with van der Waals surface area (Å²) >= 11 is 0. The van der Waals surface area contributed by atoms with Gasteiger partial charge in [0, 0.05) is 32.9 Å². The maximum Gasteiger partial charge on any atom is 0.128 e. The molecule has 1 aromatic rings. The first-order chi connectivity index (χ1) is 8.81. The van der Waals surface area contributed by atoms with Gasteiger partial charge in [-0.15, -0.1) is 0 Å². The Morgan fingerprint density at radius 3 is 2.89 bits per heavy atom. The van der Waals surface area contributed by atoms with Gasteiger partial charge in [0.15, 0.2) is 0 Å². The van der Waals surface area contributed by atoms with Crippen LogP contribution in [0.3, 0.4) is 0 Å². The van der Waals surface area contributed by atoms with E-state index in [-0.39, 0.29) is 0 Å². The molecule has 4 nitrogen and oxygen atoms in total. The lowest BCUT2D eigenvalue weighted by molar-refractivity contribution is 0.205. The summed E-state index contributed by atoms with van der Waals surface area (Å²) < 4.78 is 5.12. The van der Waals surface area contributed by atoms with Crippen molar-refractivity contribution in [1.82, 2.24) is 10.3 Å². The maximum absolute atomic E-state index is 5.12. The van der Waals surface area contributed by atoms with Gasteiger partial charge in [0.25, 0.3) is 0 Å². The van der Waals surface area contributed by atoms with Crippen molar-refractivity contribution >= 4 is 5.82 Å². The molecule has 0 saturated heterocycles. The van der Waals surface area contributed by atoms with Gasteiger partial charge >= 0.3 is 0 Å². The summed E-state index contributed by atoms with van der Waals surface area (Å²) in [5.41, 5.74) is 1.28. The number of nitrogens with one attached hydrogen (secondary N) is 1. The Morgan fingerprint density at radius 2 is 2.22 bits per heavy atom. The highest BCUT2D eigenvalue weighted by Gasteiger charge is 2.05. The van der Waals surface area contributed by atoms with Gasteiger partial charge in [0.1, 0.15) is 5.82 Å². The highest BCUT2D eigenvalue weighted by molar-refractivity contribution is 5.40. The number of hydrogen-bond donors (Lipinski definition) is 1. The van der Waals surface area contributed by atoms with Gasteiger partial charge in [-0.2, -0.15) is 0 Å². The fourth-order valence-corrected chi connectivity index (χ4v) is 1.79. The number of likely N-dealkylation sites (N-methyl/N-ethyl adjacent to an activating group) is 1. The topological polar surface area (TPSA) is 37.4 Å². The Balaban J connectivity index is 2.60. The van der Waals surface area contributed by atoms with Crippen LogP contribution in [-0.4, -0.2) is 38.3 Å². The first kappa shape index (κ1) is 14.9. The molecule has 4 heteroatoms. The second kappa shape index (κ2) is 8.89. The van der Waals surface area contributed by atoms with Crippen molar-refractivity contribution in [3.8, 4) is 0 Å². The molecule has 102 valence electrons. The molecule has 1 aromatic heterocycles. The van der Waals surface area contributed by atoms with Crippen LogP contribution in [0.15, 0.2) is 18.3 Å². The second-order valence-corrected chi connectivity index (χ2v) is 4.27. The van der Waals surface area contributed by atoms with E-state index in [1.165, 1.54) is 5.56 Å². The Labute approximate surface area is 110 Å². The molecular weight excluding hydrogens is 226 g/mol. The molecule has 0 spiro atoms. The molecule has 0 fully saturated rings. The number of hydrogen-bond acceptors (Lipinski definition) is 4. The third-order valence-electron chi connectivity index (χ3n) is 2.84. The molecule has 0 amide bonds. The Kier molecular flexibility index (Phi) is 7.37. The van der Waals surface area contributed by atoms with E-state index in [9.17, 15) is 0 Å². The number of methoxy groups -OCH3 is 1. The van der Waals surface area contributed by atoms with Crippen molar-refractivity contribution in [3.63, 3.8) is 0 Å². The quantitative estimate of drug-likeness (QED) is 0.682. The minimum atomic E-state index is 0.730. The molecule has 0 unspecified atom stereocenters.